The minimum absolute atomic E-state index is 0.00560. The third-order valence-electron chi connectivity index (χ3n) is 3.33. The summed E-state index contributed by atoms with van der Waals surface area (Å²) in [5.41, 5.74) is 0.250. The summed E-state index contributed by atoms with van der Waals surface area (Å²) in [6.45, 7) is -0.960. The fourth-order valence-electron chi connectivity index (χ4n) is 2.37. The van der Waals surface area contributed by atoms with Gasteiger partial charge in [-0.3, -0.25) is 0 Å². The number of carbonyl (C=O) groups is 1. The first-order valence-corrected chi connectivity index (χ1v) is 6.01. The molecule has 1 heterocycles. The second kappa shape index (κ2) is 4.33. The van der Waals surface area contributed by atoms with Gasteiger partial charge in [-0.05, 0) is 17.0 Å². The smallest absolute Gasteiger partial charge is 0.408 e. The number of ether oxygens (including phenoxy) is 1. The summed E-state index contributed by atoms with van der Waals surface area (Å²) in [6, 6.07) is 7.90. The molecular formula is C14H11F2NO3. The van der Waals surface area contributed by atoms with Crippen LogP contribution in [0, 0.1) is 0 Å². The second-order valence-electron chi connectivity index (χ2n) is 4.63. The van der Waals surface area contributed by atoms with Crippen LogP contribution in [0.2, 0.25) is 0 Å². The van der Waals surface area contributed by atoms with Gasteiger partial charge >= 0.3 is 12.0 Å². The lowest BCUT2D eigenvalue weighted by Gasteiger charge is -2.32. The predicted octanol–water partition coefficient (Wildman–Crippen LogP) is 2.96. The number of aromatic hydroxyl groups is 1. The molecule has 104 valence electrons. The molecule has 0 saturated carbocycles. The molecule has 20 heavy (non-hydrogen) atoms. The molecule has 0 spiro atoms. The molecule has 1 aliphatic rings. The zero-order valence-electron chi connectivity index (χ0n) is 10.3. The van der Waals surface area contributed by atoms with E-state index >= 15 is 0 Å². The number of hydrogen-bond acceptors (Lipinski definition) is 3. The van der Waals surface area contributed by atoms with E-state index in [9.17, 15) is 18.7 Å². The fourth-order valence-corrected chi connectivity index (χ4v) is 2.37. The van der Waals surface area contributed by atoms with E-state index in [0.717, 1.165) is 0 Å². The highest BCUT2D eigenvalue weighted by molar-refractivity contribution is 5.91. The molecule has 0 radical (unpaired) electrons. The molecule has 1 atom stereocenters. The van der Waals surface area contributed by atoms with Crippen molar-refractivity contribution in [3.05, 3.63) is 42.0 Å². The minimum Gasteiger partial charge on any atom is -0.507 e. The van der Waals surface area contributed by atoms with Gasteiger partial charge in [0.25, 0.3) is 0 Å². The average molecular weight is 279 g/mol. The van der Waals surface area contributed by atoms with Crippen molar-refractivity contribution in [1.82, 2.24) is 5.32 Å². The summed E-state index contributed by atoms with van der Waals surface area (Å²) < 4.78 is 32.2. The first-order valence-electron chi connectivity index (χ1n) is 6.01. The summed E-state index contributed by atoms with van der Waals surface area (Å²) in [5, 5.41) is 12.8. The Bertz CT molecular complexity index is 687. The Hall–Kier alpha value is -2.37. The van der Waals surface area contributed by atoms with Crippen molar-refractivity contribution in [1.29, 1.82) is 0 Å². The zero-order chi connectivity index (χ0) is 14.3. The number of fused-ring (bicyclic) bond motifs is 1. The Kier molecular flexibility index (Phi) is 2.74. The van der Waals surface area contributed by atoms with Crippen molar-refractivity contribution in [3.8, 4) is 5.75 Å². The summed E-state index contributed by atoms with van der Waals surface area (Å²) in [4.78, 5) is 11.2. The van der Waals surface area contributed by atoms with E-state index in [1.807, 2.05) is 0 Å². The molecule has 0 aliphatic carbocycles. The third-order valence-corrected chi connectivity index (χ3v) is 3.33. The molecule has 1 saturated heterocycles. The molecule has 0 unspecified atom stereocenters. The number of halogens is 2. The van der Waals surface area contributed by atoms with Gasteiger partial charge in [0.15, 0.2) is 6.61 Å². The van der Waals surface area contributed by atoms with Crippen LogP contribution in [0.15, 0.2) is 36.4 Å². The maximum Gasteiger partial charge on any atom is 0.408 e. The molecule has 4 nitrogen and oxygen atoms in total. The lowest BCUT2D eigenvalue weighted by Crippen LogP contribution is -2.49. The van der Waals surface area contributed by atoms with Gasteiger partial charge in [0, 0.05) is 5.39 Å². The standard InChI is InChI=1S/C14H11F2NO3/c15-14(16)7-20-13(19)17-12(14)10-5-6-11(18)9-4-2-1-3-8(9)10/h1-6,12,18H,7H2,(H,17,19)/t12-/m0/s1. The monoisotopic (exact) mass is 279 g/mol. The first-order chi connectivity index (χ1) is 9.49. The van der Waals surface area contributed by atoms with Gasteiger partial charge in [-0.1, -0.05) is 30.3 Å². The topological polar surface area (TPSA) is 58.6 Å². The molecule has 1 amide bonds. The Morgan fingerprint density at radius 1 is 1.20 bits per heavy atom. The van der Waals surface area contributed by atoms with Crippen molar-refractivity contribution >= 4 is 16.9 Å². The number of alkyl halides is 2. The van der Waals surface area contributed by atoms with Crippen molar-refractivity contribution < 1.29 is 23.4 Å². The molecule has 3 rings (SSSR count). The Balaban J connectivity index is 2.18. The lowest BCUT2D eigenvalue weighted by atomic mass is 9.94. The van der Waals surface area contributed by atoms with Gasteiger partial charge in [0.05, 0.1) is 0 Å². The summed E-state index contributed by atoms with van der Waals surface area (Å²) in [7, 11) is 0. The van der Waals surface area contributed by atoms with Gasteiger partial charge in [-0.2, -0.15) is 0 Å². The number of phenols is 1. The van der Waals surface area contributed by atoms with Crippen LogP contribution in [-0.2, 0) is 4.74 Å². The molecule has 0 bridgehead atoms. The molecule has 6 heteroatoms. The van der Waals surface area contributed by atoms with Gasteiger partial charge in [0.1, 0.15) is 11.8 Å². The number of alkyl carbamates (subject to hydrolysis) is 1. The zero-order valence-corrected chi connectivity index (χ0v) is 10.3. The fraction of sp³-hybridized carbons (Fsp3) is 0.214. The summed E-state index contributed by atoms with van der Waals surface area (Å²) in [6.07, 6.45) is -0.877. The van der Waals surface area contributed by atoms with E-state index in [0.29, 0.717) is 10.8 Å². The van der Waals surface area contributed by atoms with Crippen LogP contribution < -0.4 is 5.32 Å². The molecule has 2 aromatic carbocycles. The maximum absolute atomic E-state index is 14.0. The van der Waals surface area contributed by atoms with Crippen molar-refractivity contribution in [3.63, 3.8) is 0 Å². The normalized spacial score (nSPS) is 21.3. The van der Waals surface area contributed by atoms with Crippen molar-refractivity contribution in [2.24, 2.45) is 0 Å². The van der Waals surface area contributed by atoms with Crippen LogP contribution in [0.1, 0.15) is 11.6 Å². The highest BCUT2D eigenvalue weighted by Gasteiger charge is 2.47. The number of amides is 1. The van der Waals surface area contributed by atoms with Crippen LogP contribution in [0.5, 0.6) is 5.75 Å². The van der Waals surface area contributed by atoms with E-state index in [1.165, 1.54) is 12.1 Å². The average Bonchev–Trinajstić information content (AvgIpc) is 2.43. The lowest BCUT2D eigenvalue weighted by molar-refractivity contribution is -0.103. The van der Waals surface area contributed by atoms with E-state index < -0.39 is 24.7 Å². The highest BCUT2D eigenvalue weighted by Crippen LogP contribution is 2.39. The summed E-state index contributed by atoms with van der Waals surface area (Å²) >= 11 is 0. The first kappa shape index (κ1) is 12.7. The maximum atomic E-state index is 14.0. The quantitative estimate of drug-likeness (QED) is 0.843. The molecule has 1 aliphatic heterocycles. The van der Waals surface area contributed by atoms with Gasteiger partial charge in [0.2, 0.25) is 0 Å². The van der Waals surface area contributed by atoms with Gasteiger partial charge < -0.3 is 15.2 Å². The molecule has 0 aromatic heterocycles. The van der Waals surface area contributed by atoms with Crippen LogP contribution >= 0.6 is 0 Å². The number of benzene rings is 2. The van der Waals surface area contributed by atoms with Gasteiger partial charge in [-0.25, -0.2) is 13.6 Å². The van der Waals surface area contributed by atoms with Crippen LogP contribution in [0.3, 0.4) is 0 Å². The van der Waals surface area contributed by atoms with Crippen LogP contribution in [-0.4, -0.2) is 23.7 Å². The van der Waals surface area contributed by atoms with E-state index in [4.69, 9.17) is 0 Å². The third kappa shape index (κ3) is 1.93. The Labute approximate surface area is 113 Å². The van der Waals surface area contributed by atoms with E-state index in [2.05, 4.69) is 10.1 Å². The predicted molar refractivity (Wildman–Crippen MR) is 67.8 cm³/mol. The van der Waals surface area contributed by atoms with Gasteiger partial charge in [-0.15, -0.1) is 0 Å². The number of cyclic esters (lactones) is 1. The minimum atomic E-state index is -3.21. The molecule has 1 fully saturated rings. The highest BCUT2D eigenvalue weighted by atomic mass is 19.3. The number of hydrogen-bond donors (Lipinski definition) is 2. The summed E-state index contributed by atoms with van der Waals surface area (Å²) in [5.74, 6) is -3.21. The molecular weight excluding hydrogens is 268 g/mol. The van der Waals surface area contributed by atoms with Crippen molar-refractivity contribution in [2.75, 3.05) is 6.61 Å². The number of rotatable bonds is 1. The second-order valence-corrected chi connectivity index (χ2v) is 4.63. The molecule has 2 aromatic rings. The van der Waals surface area contributed by atoms with Crippen LogP contribution in [0.25, 0.3) is 10.8 Å². The van der Waals surface area contributed by atoms with E-state index in [1.54, 1.807) is 24.3 Å². The Morgan fingerprint density at radius 2 is 1.90 bits per heavy atom. The van der Waals surface area contributed by atoms with E-state index in [-0.39, 0.29) is 11.3 Å². The molecule has 2 N–H and O–H groups in total. The van der Waals surface area contributed by atoms with Crippen molar-refractivity contribution in [2.45, 2.75) is 12.0 Å². The Morgan fingerprint density at radius 3 is 2.65 bits per heavy atom. The number of carbonyl (C=O) groups excluding carboxylic acids is 1. The number of nitrogens with one attached hydrogen (secondary N) is 1. The SMILES string of the molecule is O=C1N[C@@H](c2ccc(O)c3ccccc23)C(F)(F)CO1. The van der Waals surface area contributed by atoms with Crippen LogP contribution in [0.4, 0.5) is 13.6 Å². The number of phenolic OH excluding ortho intramolecular Hbond substituents is 1. The largest absolute Gasteiger partial charge is 0.507 e.